The average molecular weight is 302 g/mol. The predicted molar refractivity (Wildman–Crippen MR) is 82.0 cm³/mol. The molecule has 0 aliphatic heterocycles. The molecule has 1 amide bonds. The van der Waals surface area contributed by atoms with Crippen LogP contribution in [0.2, 0.25) is 0 Å². The third kappa shape index (κ3) is 3.29. The molecule has 1 aromatic heterocycles. The van der Waals surface area contributed by atoms with Crippen LogP contribution in [0, 0.1) is 0 Å². The lowest BCUT2D eigenvalue weighted by Crippen LogP contribution is -2.27. The Morgan fingerprint density at radius 1 is 1.18 bits per heavy atom. The van der Waals surface area contributed by atoms with Crippen molar-refractivity contribution in [1.82, 2.24) is 9.97 Å². The molecule has 8 nitrogen and oxygen atoms in total. The van der Waals surface area contributed by atoms with E-state index >= 15 is 0 Å². The highest BCUT2D eigenvalue weighted by Gasteiger charge is 2.12. The van der Waals surface area contributed by atoms with Crippen LogP contribution in [-0.2, 0) is 4.79 Å². The van der Waals surface area contributed by atoms with E-state index in [9.17, 15) is 19.5 Å². The third-order valence-corrected chi connectivity index (χ3v) is 2.79. The molecule has 0 aliphatic carbocycles. The number of para-hydroxylation sites is 2. The van der Waals surface area contributed by atoms with Gasteiger partial charge in [0.25, 0.3) is 5.56 Å². The van der Waals surface area contributed by atoms with Crippen LogP contribution in [0.15, 0.2) is 38.8 Å². The van der Waals surface area contributed by atoms with Crippen LogP contribution in [-0.4, -0.2) is 26.7 Å². The van der Waals surface area contributed by atoms with Gasteiger partial charge in [0, 0.05) is 6.92 Å². The molecule has 0 unspecified atom stereocenters. The number of aromatic nitrogens is 2. The molecule has 0 spiro atoms. The zero-order valence-electron chi connectivity index (χ0n) is 11.9. The molecule has 0 aliphatic rings. The van der Waals surface area contributed by atoms with Gasteiger partial charge in [0.15, 0.2) is 0 Å². The average Bonchev–Trinajstić information content (AvgIpc) is 2.39. The number of benzene rings is 1. The van der Waals surface area contributed by atoms with E-state index in [0.717, 1.165) is 0 Å². The van der Waals surface area contributed by atoms with E-state index < -0.39 is 17.1 Å². The van der Waals surface area contributed by atoms with Gasteiger partial charge in [-0.1, -0.05) is 12.1 Å². The van der Waals surface area contributed by atoms with E-state index in [1.807, 2.05) is 4.98 Å². The van der Waals surface area contributed by atoms with Crippen molar-refractivity contribution in [3.63, 3.8) is 0 Å². The van der Waals surface area contributed by atoms with Crippen molar-refractivity contribution in [1.29, 1.82) is 0 Å². The van der Waals surface area contributed by atoms with Crippen LogP contribution in [0.3, 0.4) is 0 Å². The van der Waals surface area contributed by atoms with E-state index in [2.05, 4.69) is 15.3 Å². The normalized spacial score (nSPS) is 11.3. The van der Waals surface area contributed by atoms with Gasteiger partial charge < -0.3 is 10.4 Å². The van der Waals surface area contributed by atoms with E-state index in [1.165, 1.54) is 13.8 Å². The fourth-order valence-electron chi connectivity index (χ4n) is 1.91. The molecule has 1 aromatic carbocycles. The number of aromatic amines is 2. The number of nitrogens with one attached hydrogen (secondary N) is 3. The van der Waals surface area contributed by atoms with Crippen molar-refractivity contribution in [3.05, 3.63) is 50.7 Å². The second-order valence-electron chi connectivity index (χ2n) is 4.53. The molecule has 0 radical (unpaired) electrons. The topological polar surface area (TPSA) is 127 Å². The summed E-state index contributed by atoms with van der Waals surface area (Å²) in [6.45, 7) is 2.87. The molecule has 0 saturated heterocycles. The number of H-pyrrole nitrogens is 2. The van der Waals surface area contributed by atoms with E-state index in [1.54, 1.807) is 24.3 Å². The molecule has 8 heteroatoms. The standard InChI is InChI=1S/C14H14N4O4/c1-7(11-12(20)17-14(22)18-13(11)21)15-9-5-3-4-6-10(9)16-8(2)19/h3-6H,1-2H3,(H,16,19)(H3,17,18,20,21,22). The first-order valence-electron chi connectivity index (χ1n) is 6.36. The summed E-state index contributed by atoms with van der Waals surface area (Å²) in [7, 11) is 0. The van der Waals surface area contributed by atoms with E-state index in [0.29, 0.717) is 11.4 Å². The number of hydrogen-bond acceptors (Lipinski definition) is 5. The summed E-state index contributed by atoms with van der Waals surface area (Å²) >= 11 is 0. The van der Waals surface area contributed by atoms with Crippen LogP contribution in [0.25, 0.3) is 0 Å². The summed E-state index contributed by atoms with van der Waals surface area (Å²) in [5.74, 6) is -0.822. The Balaban J connectivity index is 2.53. The highest BCUT2D eigenvalue weighted by Crippen LogP contribution is 2.25. The predicted octanol–water partition coefficient (Wildman–Crippen LogP) is 0.868. The number of nitrogens with zero attached hydrogens (tertiary/aromatic N) is 1. The number of carbonyl (C=O) groups excluding carboxylic acids is 1. The molecular weight excluding hydrogens is 288 g/mol. The Morgan fingerprint density at radius 3 is 2.50 bits per heavy atom. The van der Waals surface area contributed by atoms with Gasteiger partial charge in [0.1, 0.15) is 5.56 Å². The van der Waals surface area contributed by atoms with Crippen LogP contribution < -0.4 is 16.6 Å². The van der Waals surface area contributed by atoms with Crippen molar-refractivity contribution < 1.29 is 9.90 Å². The quantitative estimate of drug-likeness (QED) is 0.627. The summed E-state index contributed by atoms with van der Waals surface area (Å²) < 4.78 is 0. The fourth-order valence-corrected chi connectivity index (χ4v) is 1.91. The molecule has 114 valence electrons. The first-order chi connectivity index (χ1) is 10.4. The van der Waals surface area contributed by atoms with Crippen LogP contribution in [0.4, 0.5) is 11.4 Å². The lowest BCUT2D eigenvalue weighted by molar-refractivity contribution is -0.114. The third-order valence-electron chi connectivity index (χ3n) is 2.79. The summed E-state index contributed by atoms with van der Waals surface area (Å²) in [5.41, 5.74) is -0.628. The zero-order valence-corrected chi connectivity index (χ0v) is 11.9. The highest BCUT2D eigenvalue weighted by molar-refractivity contribution is 6.03. The molecule has 2 rings (SSSR count). The van der Waals surface area contributed by atoms with E-state index in [4.69, 9.17) is 0 Å². The molecule has 2 aromatic rings. The molecule has 22 heavy (non-hydrogen) atoms. The Bertz CT molecular complexity index is 864. The van der Waals surface area contributed by atoms with Crippen molar-refractivity contribution in [2.75, 3.05) is 5.32 Å². The Kier molecular flexibility index (Phi) is 4.21. The SMILES string of the molecule is CC(=O)Nc1ccccc1N=C(C)c1c(O)[nH]c(=O)[nH]c1=O. The largest absolute Gasteiger partial charge is 0.494 e. The summed E-state index contributed by atoms with van der Waals surface area (Å²) in [4.78, 5) is 42.3. The zero-order chi connectivity index (χ0) is 16.3. The van der Waals surface area contributed by atoms with Crippen molar-refractivity contribution >= 4 is 23.0 Å². The van der Waals surface area contributed by atoms with Crippen molar-refractivity contribution in [3.8, 4) is 5.88 Å². The lowest BCUT2D eigenvalue weighted by Gasteiger charge is -2.07. The Morgan fingerprint density at radius 2 is 1.86 bits per heavy atom. The summed E-state index contributed by atoms with van der Waals surface area (Å²) in [6, 6.07) is 6.74. The number of aliphatic imine (C=N–C) groups is 1. The smallest absolute Gasteiger partial charge is 0.328 e. The van der Waals surface area contributed by atoms with E-state index in [-0.39, 0.29) is 17.2 Å². The van der Waals surface area contributed by atoms with Gasteiger partial charge in [0.2, 0.25) is 11.8 Å². The molecule has 0 atom stereocenters. The molecule has 1 heterocycles. The Labute approximate surface area is 124 Å². The van der Waals surface area contributed by atoms with Crippen LogP contribution >= 0.6 is 0 Å². The molecule has 0 bridgehead atoms. The van der Waals surface area contributed by atoms with Crippen molar-refractivity contribution in [2.45, 2.75) is 13.8 Å². The fraction of sp³-hybridized carbons (Fsp3) is 0.143. The number of hydrogen-bond donors (Lipinski definition) is 4. The maximum Gasteiger partial charge on any atom is 0.328 e. The molecule has 0 saturated carbocycles. The molecule has 0 fully saturated rings. The van der Waals surface area contributed by atoms with Crippen molar-refractivity contribution in [2.24, 2.45) is 4.99 Å². The number of amides is 1. The van der Waals surface area contributed by atoms with Gasteiger partial charge in [-0.2, -0.15) is 0 Å². The number of rotatable bonds is 3. The number of anilines is 1. The second-order valence-corrected chi connectivity index (χ2v) is 4.53. The van der Waals surface area contributed by atoms with Gasteiger partial charge in [-0.3, -0.25) is 24.5 Å². The molecule has 4 N–H and O–H groups in total. The van der Waals surface area contributed by atoms with Crippen LogP contribution in [0.5, 0.6) is 5.88 Å². The maximum atomic E-state index is 11.8. The Hall–Kier alpha value is -3.16. The minimum Gasteiger partial charge on any atom is -0.494 e. The lowest BCUT2D eigenvalue weighted by atomic mass is 10.2. The monoisotopic (exact) mass is 302 g/mol. The molecular formula is C14H14N4O4. The summed E-state index contributed by atoms with van der Waals surface area (Å²) in [6.07, 6.45) is 0. The highest BCUT2D eigenvalue weighted by atomic mass is 16.3. The van der Waals surface area contributed by atoms with Gasteiger partial charge in [-0.25, -0.2) is 4.79 Å². The maximum absolute atomic E-state index is 11.8. The van der Waals surface area contributed by atoms with Gasteiger partial charge >= 0.3 is 5.69 Å². The van der Waals surface area contributed by atoms with Gasteiger partial charge in [-0.05, 0) is 19.1 Å². The minimum absolute atomic E-state index is 0.141. The minimum atomic E-state index is -0.808. The first kappa shape index (κ1) is 15.2. The van der Waals surface area contributed by atoms with Crippen LogP contribution in [0.1, 0.15) is 19.4 Å². The van der Waals surface area contributed by atoms with Gasteiger partial charge in [0.05, 0.1) is 17.1 Å². The second kappa shape index (κ2) is 6.08. The first-order valence-corrected chi connectivity index (χ1v) is 6.36. The van der Waals surface area contributed by atoms with Gasteiger partial charge in [-0.15, -0.1) is 0 Å². The summed E-state index contributed by atoms with van der Waals surface area (Å²) in [5, 5.41) is 12.3. The number of aromatic hydroxyl groups is 1. The number of carbonyl (C=O) groups is 1.